The lowest BCUT2D eigenvalue weighted by molar-refractivity contribution is -0.117. The van der Waals surface area contributed by atoms with Gasteiger partial charge in [-0.25, -0.2) is 0 Å². The van der Waals surface area contributed by atoms with Crippen molar-refractivity contribution in [3.05, 3.63) is 12.2 Å². The molecule has 3 N–H and O–H groups in total. The molecule has 5 heteroatoms. The van der Waals surface area contributed by atoms with Crippen molar-refractivity contribution < 1.29 is 14.3 Å². The van der Waals surface area contributed by atoms with Crippen molar-refractivity contribution in [2.75, 3.05) is 20.8 Å². The van der Waals surface area contributed by atoms with Crippen LogP contribution in [0.3, 0.4) is 0 Å². The number of nitrogens with two attached hydrogens (primary N) is 1. The first kappa shape index (κ1) is 11.2. The van der Waals surface area contributed by atoms with Crippen LogP contribution in [0, 0.1) is 0 Å². The van der Waals surface area contributed by atoms with Crippen LogP contribution in [0.5, 0.6) is 0 Å². The van der Waals surface area contributed by atoms with Gasteiger partial charge in [0, 0.05) is 14.2 Å². The van der Waals surface area contributed by atoms with Crippen LogP contribution in [0.1, 0.15) is 0 Å². The lowest BCUT2D eigenvalue weighted by Gasteiger charge is -2.23. The summed E-state index contributed by atoms with van der Waals surface area (Å²) in [5, 5.41) is 3.00. The van der Waals surface area contributed by atoms with Crippen LogP contribution in [0.15, 0.2) is 12.2 Å². The lowest BCUT2D eigenvalue weighted by atomic mass is 10.1. The van der Waals surface area contributed by atoms with Crippen molar-refractivity contribution in [1.82, 2.24) is 5.32 Å². The molecule has 0 saturated heterocycles. The van der Waals surface area contributed by atoms with Gasteiger partial charge in [0.25, 0.3) is 0 Å². The molecule has 0 bridgehead atoms. The summed E-state index contributed by atoms with van der Waals surface area (Å²) in [7, 11) is 3.23. The first-order valence-electron chi connectivity index (χ1n) is 4.44. The highest BCUT2D eigenvalue weighted by atomic mass is 16.5. The van der Waals surface area contributed by atoms with Crippen LogP contribution in [-0.4, -0.2) is 44.9 Å². The SMILES string of the molecule is CO[C@H]1C=C[C@@H](OC)C1NCC(N)=O. The average Bonchev–Trinajstić information content (AvgIpc) is 2.56. The molecule has 5 nitrogen and oxygen atoms in total. The van der Waals surface area contributed by atoms with E-state index in [0.717, 1.165) is 0 Å². The van der Waals surface area contributed by atoms with Crippen molar-refractivity contribution >= 4 is 5.91 Å². The van der Waals surface area contributed by atoms with E-state index < -0.39 is 0 Å². The van der Waals surface area contributed by atoms with E-state index in [1.807, 2.05) is 12.2 Å². The summed E-state index contributed by atoms with van der Waals surface area (Å²) in [4.78, 5) is 10.6. The van der Waals surface area contributed by atoms with Gasteiger partial charge in [-0.3, -0.25) is 4.79 Å². The molecular formula is C9H16N2O3. The van der Waals surface area contributed by atoms with Gasteiger partial charge in [0.15, 0.2) is 0 Å². The molecule has 1 amide bonds. The third-order valence-electron chi connectivity index (χ3n) is 2.25. The number of ether oxygens (including phenoxy) is 2. The summed E-state index contributed by atoms with van der Waals surface area (Å²) < 4.78 is 10.4. The van der Waals surface area contributed by atoms with Crippen LogP contribution < -0.4 is 11.1 Å². The maximum absolute atomic E-state index is 10.6. The molecule has 80 valence electrons. The van der Waals surface area contributed by atoms with E-state index in [9.17, 15) is 4.79 Å². The molecule has 0 radical (unpaired) electrons. The van der Waals surface area contributed by atoms with Gasteiger partial charge >= 0.3 is 0 Å². The Morgan fingerprint density at radius 1 is 1.36 bits per heavy atom. The number of hydrogen-bond acceptors (Lipinski definition) is 4. The third kappa shape index (κ3) is 2.54. The molecule has 14 heavy (non-hydrogen) atoms. The molecule has 1 aliphatic rings. The van der Waals surface area contributed by atoms with Gasteiger partial charge in [0.1, 0.15) is 0 Å². The fourth-order valence-corrected chi connectivity index (χ4v) is 1.55. The Bertz CT molecular complexity index is 216. The molecule has 0 spiro atoms. The minimum atomic E-state index is -0.387. The van der Waals surface area contributed by atoms with Gasteiger partial charge in [-0.15, -0.1) is 0 Å². The fourth-order valence-electron chi connectivity index (χ4n) is 1.55. The van der Waals surface area contributed by atoms with Gasteiger partial charge in [0.2, 0.25) is 5.91 Å². The summed E-state index contributed by atoms with van der Waals surface area (Å²) >= 11 is 0. The molecule has 0 heterocycles. The summed E-state index contributed by atoms with van der Waals surface area (Å²) in [6, 6.07) is -0.0440. The molecule has 0 aromatic carbocycles. The molecule has 0 aromatic heterocycles. The van der Waals surface area contributed by atoms with Crippen molar-refractivity contribution in [3.8, 4) is 0 Å². The Morgan fingerprint density at radius 3 is 2.21 bits per heavy atom. The second-order valence-electron chi connectivity index (χ2n) is 3.16. The normalized spacial score (nSPS) is 30.9. The molecule has 1 unspecified atom stereocenters. The number of amides is 1. The minimum Gasteiger partial charge on any atom is -0.376 e. The van der Waals surface area contributed by atoms with Crippen molar-refractivity contribution in [2.45, 2.75) is 18.2 Å². The smallest absolute Gasteiger partial charge is 0.231 e. The molecule has 1 rings (SSSR count). The second kappa shape index (κ2) is 5.09. The van der Waals surface area contributed by atoms with Crippen molar-refractivity contribution in [3.63, 3.8) is 0 Å². The number of hydrogen-bond donors (Lipinski definition) is 2. The van der Waals surface area contributed by atoms with E-state index in [1.165, 1.54) is 0 Å². The van der Waals surface area contributed by atoms with E-state index in [0.29, 0.717) is 0 Å². The van der Waals surface area contributed by atoms with Gasteiger partial charge in [-0.1, -0.05) is 12.2 Å². The van der Waals surface area contributed by atoms with Gasteiger partial charge in [-0.05, 0) is 0 Å². The first-order valence-corrected chi connectivity index (χ1v) is 4.44. The largest absolute Gasteiger partial charge is 0.376 e. The maximum atomic E-state index is 10.6. The Balaban J connectivity index is 2.49. The molecule has 0 saturated carbocycles. The predicted molar refractivity (Wildman–Crippen MR) is 51.7 cm³/mol. The van der Waals surface area contributed by atoms with Crippen molar-refractivity contribution in [2.24, 2.45) is 5.73 Å². The Hall–Kier alpha value is -0.910. The molecule has 0 aromatic rings. The summed E-state index contributed by atoms with van der Waals surface area (Å²) in [6.45, 7) is 0.131. The van der Waals surface area contributed by atoms with E-state index in [1.54, 1.807) is 14.2 Å². The topological polar surface area (TPSA) is 73.6 Å². The van der Waals surface area contributed by atoms with Crippen LogP contribution in [0.25, 0.3) is 0 Å². The monoisotopic (exact) mass is 200 g/mol. The maximum Gasteiger partial charge on any atom is 0.231 e. The molecule has 0 fully saturated rings. The molecule has 3 atom stereocenters. The highest BCUT2D eigenvalue weighted by molar-refractivity contribution is 5.75. The van der Waals surface area contributed by atoms with Gasteiger partial charge in [0.05, 0.1) is 24.8 Å². The van der Waals surface area contributed by atoms with Crippen LogP contribution in [0.4, 0.5) is 0 Å². The number of carbonyl (C=O) groups excluding carboxylic acids is 1. The summed E-state index contributed by atoms with van der Waals surface area (Å²) in [6.07, 6.45) is 3.68. The number of carbonyl (C=O) groups is 1. The van der Waals surface area contributed by atoms with Crippen LogP contribution in [-0.2, 0) is 14.3 Å². The number of rotatable bonds is 5. The quantitative estimate of drug-likeness (QED) is 0.560. The standard InChI is InChI=1S/C9H16N2O3/c1-13-6-3-4-7(14-2)9(6)11-5-8(10)12/h3-4,6-7,9,11H,5H2,1-2H3,(H2,10,12)/t6-,7+,9?. The van der Waals surface area contributed by atoms with E-state index in [2.05, 4.69) is 5.32 Å². The Kier molecular flexibility index (Phi) is 4.06. The second-order valence-corrected chi connectivity index (χ2v) is 3.16. The van der Waals surface area contributed by atoms with Crippen molar-refractivity contribution in [1.29, 1.82) is 0 Å². The average molecular weight is 200 g/mol. The predicted octanol–water partition coefficient (Wildman–Crippen LogP) is -0.970. The molecule has 0 aliphatic heterocycles. The third-order valence-corrected chi connectivity index (χ3v) is 2.25. The summed E-state index contributed by atoms with van der Waals surface area (Å²) in [5.41, 5.74) is 5.04. The molecule has 1 aliphatic carbocycles. The Morgan fingerprint density at radius 2 is 1.86 bits per heavy atom. The molecular weight excluding hydrogens is 184 g/mol. The van der Waals surface area contributed by atoms with Gasteiger partial charge < -0.3 is 20.5 Å². The summed E-state index contributed by atoms with van der Waals surface area (Å²) in [5.74, 6) is -0.387. The number of methoxy groups -OCH3 is 2. The zero-order chi connectivity index (χ0) is 10.6. The van der Waals surface area contributed by atoms with Crippen LogP contribution >= 0.6 is 0 Å². The Labute approximate surface area is 83.2 Å². The highest BCUT2D eigenvalue weighted by Gasteiger charge is 2.31. The van der Waals surface area contributed by atoms with Gasteiger partial charge in [-0.2, -0.15) is 0 Å². The van der Waals surface area contributed by atoms with E-state index in [4.69, 9.17) is 15.2 Å². The number of primary amides is 1. The zero-order valence-electron chi connectivity index (χ0n) is 8.40. The highest BCUT2D eigenvalue weighted by Crippen LogP contribution is 2.16. The fraction of sp³-hybridized carbons (Fsp3) is 0.667. The number of nitrogens with one attached hydrogen (secondary N) is 1. The van der Waals surface area contributed by atoms with E-state index in [-0.39, 0.29) is 30.7 Å². The first-order chi connectivity index (χ1) is 6.69. The lowest BCUT2D eigenvalue weighted by Crippen LogP contribution is -2.48. The van der Waals surface area contributed by atoms with Crippen LogP contribution in [0.2, 0.25) is 0 Å². The zero-order valence-corrected chi connectivity index (χ0v) is 8.40. The minimum absolute atomic E-state index is 0.0440. The van der Waals surface area contributed by atoms with E-state index >= 15 is 0 Å².